The van der Waals surface area contributed by atoms with Gasteiger partial charge in [-0.25, -0.2) is 4.79 Å². The number of rotatable bonds is 3. The summed E-state index contributed by atoms with van der Waals surface area (Å²) in [5.41, 5.74) is 7.57. The van der Waals surface area contributed by atoms with Crippen LogP contribution in [-0.4, -0.2) is 25.3 Å². The second-order valence-electron chi connectivity index (χ2n) is 4.57. The molecule has 18 heavy (non-hydrogen) atoms. The molecule has 0 saturated carbocycles. The molecule has 1 aromatic carbocycles. The molecule has 1 saturated heterocycles. The zero-order valence-corrected chi connectivity index (χ0v) is 10.5. The van der Waals surface area contributed by atoms with E-state index in [9.17, 15) is 4.79 Å². The lowest BCUT2D eigenvalue weighted by atomic mass is 10.1. The molecule has 2 amide bonds. The summed E-state index contributed by atoms with van der Waals surface area (Å²) in [4.78, 5) is 11.7. The van der Waals surface area contributed by atoms with Gasteiger partial charge in [-0.2, -0.15) is 0 Å². The molecule has 0 aromatic heterocycles. The summed E-state index contributed by atoms with van der Waals surface area (Å²) in [5, 5.41) is 5.65. The maximum absolute atomic E-state index is 11.7. The van der Waals surface area contributed by atoms with E-state index < -0.39 is 0 Å². The SMILES string of the molecule is CC(N)c1ccc(NC(=O)NC2CCOC2)cc1. The maximum Gasteiger partial charge on any atom is 0.319 e. The third-order valence-corrected chi connectivity index (χ3v) is 2.96. The zero-order valence-electron chi connectivity index (χ0n) is 10.5. The van der Waals surface area contributed by atoms with E-state index in [-0.39, 0.29) is 18.1 Å². The molecular weight excluding hydrogens is 230 g/mol. The average molecular weight is 249 g/mol. The van der Waals surface area contributed by atoms with Crippen LogP contribution in [0.4, 0.5) is 10.5 Å². The van der Waals surface area contributed by atoms with Gasteiger partial charge in [-0.05, 0) is 31.0 Å². The third kappa shape index (κ3) is 3.45. The number of carbonyl (C=O) groups is 1. The van der Waals surface area contributed by atoms with Crippen molar-refractivity contribution in [3.05, 3.63) is 29.8 Å². The molecule has 0 spiro atoms. The number of ether oxygens (including phenoxy) is 1. The van der Waals surface area contributed by atoms with Crippen molar-refractivity contribution < 1.29 is 9.53 Å². The Labute approximate surface area is 107 Å². The summed E-state index contributed by atoms with van der Waals surface area (Å²) in [6.45, 7) is 3.24. The first-order valence-electron chi connectivity index (χ1n) is 6.16. The predicted octanol–water partition coefficient (Wildman–Crippen LogP) is 1.62. The molecule has 5 heteroatoms. The fraction of sp³-hybridized carbons (Fsp3) is 0.462. The highest BCUT2D eigenvalue weighted by Gasteiger charge is 2.17. The fourth-order valence-corrected chi connectivity index (χ4v) is 1.87. The van der Waals surface area contributed by atoms with E-state index in [4.69, 9.17) is 10.5 Å². The van der Waals surface area contributed by atoms with E-state index in [0.29, 0.717) is 13.2 Å². The Balaban J connectivity index is 1.86. The number of urea groups is 1. The van der Waals surface area contributed by atoms with Crippen LogP contribution in [0.1, 0.15) is 24.9 Å². The van der Waals surface area contributed by atoms with E-state index in [1.165, 1.54) is 0 Å². The first-order valence-corrected chi connectivity index (χ1v) is 6.16. The molecule has 4 N–H and O–H groups in total. The Morgan fingerprint density at radius 1 is 1.44 bits per heavy atom. The molecule has 1 heterocycles. The van der Waals surface area contributed by atoms with Gasteiger partial charge in [-0.15, -0.1) is 0 Å². The molecule has 0 bridgehead atoms. The van der Waals surface area contributed by atoms with E-state index in [1.54, 1.807) is 0 Å². The highest BCUT2D eigenvalue weighted by Crippen LogP contribution is 2.14. The van der Waals surface area contributed by atoms with Gasteiger partial charge in [0, 0.05) is 18.3 Å². The summed E-state index contributed by atoms with van der Waals surface area (Å²) in [5.74, 6) is 0. The average Bonchev–Trinajstić information content (AvgIpc) is 2.82. The van der Waals surface area contributed by atoms with Crippen LogP contribution >= 0.6 is 0 Å². The van der Waals surface area contributed by atoms with Crippen LogP contribution in [0.15, 0.2) is 24.3 Å². The van der Waals surface area contributed by atoms with Crippen LogP contribution in [0.5, 0.6) is 0 Å². The summed E-state index contributed by atoms with van der Waals surface area (Å²) < 4.78 is 5.19. The van der Waals surface area contributed by atoms with Gasteiger partial charge in [0.1, 0.15) is 0 Å². The van der Waals surface area contributed by atoms with Gasteiger partial charge in [-0.1, -0.05) is 12.1 Å². The molecular formula is C13H19N3O2. The van der Waals surface area contributed by atoms with Crippen LogP contribution in [-0.2, 0) is 4.74 Å². The first-order chi connectivity index (χ1) is 8.65. The summed E-state index contributed by atoms with van der Waals surface area (Å²) in [6, 6.07) is 7.46. The lowest BCUT2D eigenvalue weighted by molar-refractivity contribution is 0.189. The lowest BCUT2D eigenvalue weighted by Crippen LogP contribution is -2.38. The number of carbonyl (C=O) groups excluding carboxylic acids is 1. The second-order valence-corrected chi connectivity index (χ2v) is 4.57. The number of hydrogen-bond donors (Lipinski definition) is 3. The van der Waals surface area contributed by atoms with Crippen LogP contribution in [0.25, 0.3) is 0 Å². The van der Waals surface area contributed by atoms with Crippen molar-refractivity contribution >= 4 is 11.7 Å². The van der Waals surface area contributed by atoms with Crippen molar-refractivity contribution in [1.82, 2.24) is 5.32 Å². The monoisotopic (exact) mass is 249 g/mol. The molecule has 0 radical (unpaired) electrons. The van der Waals surface area contributed by atoms with Crippen LogP contribution in [0, 0.1) is 0 Å². The molecule has 0 aliphatic carbocycles. The zero-order chi connectivity index (χ0) is 13.0. The first kappa shape index (κ1) is 12.9. The van der Waals surface area contributed by atoms with Crippen LogP contribution in [0.2, 0.25) is 0 Å². The smallest absolute Gasteiger partial charge is 0.319 e. The normalized spacial score (nSPS) is 20.4. The highest BCUT2D eigenvalue weighted by molar-refractivity contribution is 5.89. The highest BCUT2D eigenvalue weighted by atomic mass is 16.5. The molecule has 1 aromatic rings. The largest absolute Gasteiger partial charge is 0.379 e. The summed E-state index contributed by atoms with van der Waals surface area (Å²) in [6.07, 6.45) is 0.872. The molecule has 2 unspecified atom stereocenters. The van der Waals surface area contributed by atoms with E-state index in [1.807, 2.05) is 31.2 Å². The minimum Gasteiger partial charge on any atom is -0.379 e. The number of nitrogens with one attached hydrogen (secondary N) is 2. The summed E-state index contributed by atoms with van der Waals surface area (Å²) >= 11 is 0. The minimum atomic E-state index is -0.195. The maximum atomic E-state index is 11.7. The minimum absolute atomic E-state index is 0.00325. The van der Waals surface area contributed by atoms with Gasteiger partial charge in [0.25, 0.3) is 0 Å². The standard InChI is InChI=1S/C13H19N3O2/c1-9(14)10-2-4-11(5-3-10)15-13(17)16-12-6-7-18-8-12/h2-5,9,12H,6-8,14H2,1H3,(H2,15,16,17). The van der Waals surface area contributed by atoms with E-state index in [2.05, 4.69) is 10.6 Å². The van der Waals surface area contributed by atoms with Crippen molar-refractivity contribution in [3.8, 4) is 0 Å². The molecule has 5 nitrogen and oxygen atoms in total. The van der Waals surface area contributed by atoms with Crippen molar-refractivity contribution in [3.63, 3.8) is 0 Å². The number of anilines is 1. The molecule has 98 valence electrons. The second kappa shape index (κ2) is 5.84. The molecule has 1 aliphatic heterocycles. The Morgan fingerprint density at radius 2 is 2.17 bits per heavy atom. The molecule has 1 aliphatic rings. The Bertz CT molecular complexity index is 397. The Morgan fingerprint density at radius 3 is 2.72 bits per heavy atom. The Hall–Kier alpha value is -1.59. The van der Waals surface area contributed by atoms with Crippen molar-refractivity contribution in [1.29, 1.82) is 0 Å². The Kier molecular flexibility index (Phi) is 4.17. The van der Waals surface area contributed by atoms with Gasteiger partial charge in [0.15, 0.2) is 0 Å². The van der Waals surface area contributed by atoms with Crippen LogP contribution in [0.3, 0.4) is 0 Å². The van der Waals surface area contributed by atoms with E-state index >= 15 is 0 Å². The van der Waals surface area contributed by atoms with Gasteiger partial charge in [-0.3, -0.25) is 0 Å². The van der Waals surface area contributed by atoms with Crippen LogP contribution < -0.4 is 16.4 Å². The molecule has 2 rings (SSSR count). The van der Waals surface area contributed by atoms with Gasteiger partial charge in [0.2, 0.25) is 0 Å². The van der Waals surface area contributed by atoms with Gasteiger partial charge >= 0.3 is 6.03 Å². The van der Waals surface area contributed by atoms with E-state index in [0.717, 1.165) is 17.7 Å². The van der Waals surface area contributed by atoms with Crippen molar-refractivity contribution in [2.75, 3.05) is 18.5 Å². The number of benzene rings is 1. The van der Waals surface area contributed by atoms with Gasteiger partial charge < -0.3 is 21.1 Å². The summed E-state index contributed by atoms with van der Waals surface area (Å²) in [7, 11) is 0. The van der Waals surface area contributed by atoms with Crippen molar-refractivity contribution in [2.24, 2.45) is 5.73 Å². The predicted molar refractivity (Wildman–Crippen MR) is 70.4 cm³/mol. The van der Waals surface area contributed by atoms with Gasteiger partial charge in [0.05, 0.1) is 12.6 Å². The number of hydrogen-bond acceptors (Lipinski definition) is 3. The quantitative estimate of drug-likeness (QED) is 0.761. The lowest BCUT2D eigenvalue weighted by Gasteiger charge is -2.12. The molecule has 2 atom stereocenters. The van der Waals surface area contributed by atoms with Crippen molar-refractivity contribution in [2.45, 2.75) is 25.4 Å². The molecule has 1 fully saturated rings. The number of amides is 2. The third-order valence-electron chi connectivity index (χ3n) is 2.96. The topological polar surface area (TPSA) is 76.4 Å². The fourth-order valence-electron chi connectivity index (χ4n) is 1.87. The number of nitrogens with two attached hydrogens (primary N) is 1.